The summed E-state index contributed by atoms with van der Waals surface area (Å²) in [6, 6.07) is 10.9. The van der Waals surface area contributed by atoms with Gasteiger partial charge >= 0.3 is 51.4 Å². The smallest absolute Gasteiger partial charge is 0.744 e. The van der Waals surface area contributed by atoms with Gasteiger partial charge in [0.2, 0.25) is 0 Å². The molecule has 0 bridgehead atoms. The fourth-order valence-corrected chi connectivity index (χ4v) is 4.70. The van der Waals surface area contributed by atoms with Crippen LogP contribution in [0.5, 0.6) is 0 Å². The molecule has 3 nitrogen and oxygen atoms in total. The van der Waals surface area contributed by atoms with E-state index in [0.717, 1.165) is 23.6 Å². The summed E-state index contributed by atoms with van der Waals surface area (Å²) in [5, 5.41) is 1.88. The summed E-state index contributed by atoms with van der Waals surface area (Å²) in [7, 11) is -4.44. The number of unbranched alkanes of at least 4 members (excludes halogenated alkanes) is 11. The maximum Gasteiger partial charge on any atom is 1.00 e. The van der Waals surface area contributed by atoms with Crippen molar-refractivity contribution in [3.8, 4) is 0 Å². The summed E-state index contributed by atoms with van der Waals surface area (Å²) in [6.07, 6.45) is 15.9. The third-order valence-electron chi connectivity index (χ3n) is 5.55. The Morgan fingerprint density at radius 1 is 0.724 bits per heavy atom. The van der Waals surface area contributed by atoms with E-state index in [1.807, 2.05) is 24.3 Å². The zero-order valence-corrected chi connectivity index (χ0v) is 22.2. The van der Waals surface area contributed by atoms with Gasteiger partial charge in [-0.3, -0.25) is 0 Å². The van der Waals surface area contributed by atoms with Crippen LogP contribution in [0.1, 0.15) is 89.5 Å². The van der Waals surface area contributed by atoms with E-state index in [2.05, 4.69) is 6.92 Å². The van der Waals surface area contributed by atoms with E-state index in [4.69, 9.17) is 0 Å². The van der Waals surface area contributed by atoms with Crippen molar-refractivity contribution < 1.29 is 64.4 Å². The van der Waals surface area contributed by atoms with Crippen LogP contribution in [0, 0.1) is 0 Å². The van der Waals surface area contributed by atoms with Gasteiger partial charge in [0.05, 0.1) is 4.90 Å². The van der Waals surface area contributed by atoms with Crippen molar-refractivity contribution in [3.63, 3.8) is 0 Å². The van der Waals surface area contributed by atoms with Crippen LogP contribution in [0.3, 0.4) is 0 Å². The first-order chi connectivity index (χ1) is 13.5. The second kappa shape index (κ2) is 15.1. The van der Waals surface area contributed by atoms with Crippen molar-refractivity contribution in [2.24, 2.45) is 0 Å². The minimum Gasteiger partial charge on any atom is -0.744 e. The Balaban J connectivity index is 0.00000420. The van der Waals surface area contributed by atoms with E-state index in [0.29, 0.717) is 12.0 Å². The molecule has 0 unspecified atom stereocenters. The van der Waals surface area contributed by atoms with Crippen molar-refractivity contribution in [3.05, 3.63) is 42.0 Å². The van der Waals surface area contributed by atoms with Gasteiger partial charge in [0.15, 0.2) is 0 Å². The second-order valence-corrected chi connectivity index (χ2v) is 9.20. The number of hydrogen-bond acceptors (Lipinski definition) is 3. The molecular formula is C24H35KO3S. The van der Waals surface area contributed by atoms with E-state index >= 15 is 0 Å². The van der Waals surface area contributed by atoms with Gasteiger partial charge in [-0.1, -0.05) is 108 Å². The molecule has 0 radical (unpaired) electrons. The molecule has 0 heterocycles. The van der Waals surface area contributed by atoms with Crippen LogP contribution in [-0.4, -0.2) is 13.0 Å². The fourth-order valence-electron chi connectivity index (χ4n) is 3.95. The van der Waals surface area contributed by atoms with Gasteiger partial charge in [0.1, 0.15) is 10.1 Å². The van der Waals surface area contributed by atoms with Crippen molar-refractivity contribution in [2.45, 2.75) is 95.3 Å². The first-order valence-electron chi connectivity index (χ1n) is 11.0. The average molecular weight is 443 g/mol. The molecule has 0 spiro atoms. The predicted octanol–water partition coefficient (Wildman–Crippen LogP) is 3.99. The number of rotatable bonds is 14. The van der Waals surface area contributed by atoms with Gasteiger partial charge in [-0.05, 0) is 35.2 Å². The van der Waals surface area contributed by atoms with Gasteiger partial charge in [0, 0.05) is 0 Å². The van der Waals surface area contributed by atoms with Crippen LogP contribution < -0.4 is 51.4 Å². The molecule has 0 aliphatic carbocycles. The minimum atomic E-state index is -4.44. The van der Waals surface area contributed by atoms with Crippen LogP contribution in [0.2, 0.25) is 0 Å². The fraction of sp³-hybridized carbons (Fsp3) is 0.583. The monoisotopic (exact) mass is 442 g/mol. The minimum absolute atomic E-state index is 0. The van der Waals surface area contributed by atoms with Gasteiger partial charge < -0.3 is 4.55 Å². The Morgan fingerprint density at radius 3 is 1.79 bits per heavy atom. The van der Waals surface area contributed by atoms with E-state index in [9.17, 15) is 13.0 Å². The van der Waals surface area contributed by atoms with Gasteiger partial charge in [-0.25, -0.2) is 8.42 Å². The average Bonchev–Trinajstić information content (AvgIpc) is 2.68. The molecule has 0 aliphatic heterocycles. The third-order valence-corrected chi connectivity index (χ3v) is 6.47. The summed E-state index contributed by atoms with van der Waals surface area (Å²) in [4.78, 5) is -0.0470. The Bertz CT molecular complexity index is 818. The summed E-state index contributed by atoms with van der Waals surface area (Å²) in [5.41, 5.74) is 0.695. The summed E-state index contributed by atoms with van der Waals surface area (Å²) in [5.74, 6) is 0. The van der Waals surface area contributed by atoms with Crippen LogP contribution in [0.25, 0.3) is 10.8 Å². The first-order valence-corrected chi connectivity index (χ1v) is 12.4. The molecule has 0 aromatic heterocycles. The van der Waals surface area contributed by atoms with Crippen molar-refractivity contribution >= 4 is 20.9 Å². The van der Waals surface area contributed by atoms with Crippen LogP contribution in [0.4, 0.5) is 0 Å². The van der Waals surface area contributed by atoms with E-state index in [-0.39, 0.29) is 56.3 Å². The molecule has 0 atom stereocenters. The first kappa shape index (κ1) is 27.3. The SMILES string of the molecule is CCCCCCCCCCCCCCc1c(S(=O)(=O)[O-])ccc2ccccc12.[K+]. The molecule has 29 heavy (non-hydrogen) atoms. The number of hydrogen-bond donors (Lipinski definition) is 0. The molecule has 0 aliphatic rings. The quantitative estimate of drug-likeness (QED) is 0.252. The molecule has 2 aromatic rings. The molecule has 0 amide bonds. The molecule has 0 N–H and O–H groups in total. The predicted molar refractivity (Wildman–Crippen MR) is 117 cm³/mol. The molecule has 2 rings (SSSR count). The Kier molecular flexibility index (Phi) is 14.2. The summed E-state index contributed by atoms with van der Waals surface area (Å²) < 4.78 is 35.0. The van der Waals surface area contributed by atoms with Crippen LogP contribution in [0.15, 0.2) is 41.3 Å². The second-order valence-electron chi connectivity index (χ2n) is 7.86. The van der Waals surface area contributed by atoms with Crippen molar-refractivity contribution in [2.75, 3.05) is 0 Å². The van der Waals surface area contributed by atoms with Crippen LogP contribution >= 0.6 is 0 Å². The van der Waals surface area contributed by atoms with E-state index in [1.54, 1.807) is 6.07 Å². The normalized spacial score (nSPS) is 11.5. The molecule has 0 saturated heterocycles. The van der Waals surface area contributed by atoms with Crippen molar-refractivity contribution in [1.82, 2.24) is 0 Å². The Hall–Kier alpha value is 0.246. The van der Waals surface area contributed by atoms with E-state index in [1.165, 1.54) is 70.3 Å². The van der Waals surface area contributed by atoms with Crippen molar-refractivity contribution in [1.29, 1.82) is 0 Å². The largest absolute Gasteiger partial charge is 1.00 e. The zero-order valence-electron chi connectivity index (χ0n) is 18.3. The third kappa shape index (κ3) is 9.94. The van der Waals surface area contributed by atoms with E-state index < -0.39 is 10.1 Å². The standard InChI is InChI=1S/C24H36O3S.K/c1-2-3-4-5-6-7-8-9-10-11-12-13-18-23-22-17-15-14-16-21(22)19-20-24(23)28(25,26)27;/h14-17,19-20H,2-13,18H2,1H3,(H,25,26,27);/q;+1/p-1. The van der Waals surface area contributed by atoms with Gasteiger partial charge in [-0.15, -0.1) is 0 Å². The summed E-state index contributed by atoms with van der Waals surface area (Å²) in [6.45, 7) is 2.25. The maximum absolute atomic E-state index is 11.7. The van der Waals surface area contributed by atoms with Crippen LogP contribution in [-0.2, 0) is 16.5 Å². The molecule has 0 saturated carbocycles. The molecule has 5 heteroatoms. The molecule has 2 aromatic carbocycles. The summed E-state index contributed by atoms with van der Waals surface area (Å²) >= 11 is 0. The zero-order chi connectivity index (χ0) is 20.2. The Morgan fingerprint density at radius 2 is 1.24 bits per heavy atom. The number of benzene rings is 2. The molecule has 156 valence electrons. The van der Waals surface area contributed by atoms with Gasteiger partial charge in [0.25, 0.3) is 0 Å². The number of aryl methyl sites for hydroxylation is 1. The molecule has 0 fully saturated rings. The Labute approximate surface area is 220 Å². The topological polar surface area (TPSA) is 57.2 Å². The maximum atomic E-state index is 11.7. The molecular weight excluding hydrogens is 407 g/mol. The van der Waals surface area contributed by atoms with Gasteiger partial charge in [-0.2, -0.15) is 0 Å². The number of fused-ring (bicyclic) bond motifs is 1.